The van der Waals surface area contributed by atoms with E-state index in [9.17, 15) is 0 Å². The van der Waals surface area contributed by atoms with Gasteiger partial charge in [0.15, 0.2) is 5.82 Å². The van der Waals surface area contributed by atoms with E-state index in [4.69, 9.17) is 11.0 Å². The van der Waals surface area contributed by atoms with Crippen molar-refractivity contribution < 1.29 is 0 Å². The van der Waals surface area contributed by atoms with E-state index in [0.29, 0.717) is 23.2 Å². The van der Waals surface area contributed by atoms with E-state index in [2.05, 4.69) is 16.5 Å². The molecule has 0 unspecified atom stereocenters. The molecule has 3 N–H and O–H groups in total. The van der Waals surface area contributed by atoms with E-state index in [-0.39, 0.29) is 6.04 Å². The Hall–Kier alpha value is -1.70. The van der Waals surface area contributed by atoms with Crippen LogP contribution in [0.1, 0.15) is 38.3 Å². The lowest BCUT2D eigenvalue weighted by atomic mass is 10.3. The van der Waals surface area contributed by atoms with Gasteiger partial charge in [0.2, 0.25) is 0 Å². The number of hydrogen-bond donors (Lipinski definition) is 2. The van der Waals surface area contributed by atoms with Crippen LogP contribution in [0.2, 0.25) is 0 Å². The number of nitrogens with one attached hydrogen (secondary N) is 1. The first-order valence-electron chi connectivity index (χ1n) is 5.18. The number of nitrogens with zero attached hydrogens (tertiary/aromatic N) is 3. The first-order chi connectivity index (χ1) is 7.13. The molecule has 1 aromatic rings. The van der Waals surface area contributed by atoms with Gasteiger partial charge in [0.25, 0.3) is 0 Å². The van der Waals surface area contributed by atoms with Gasteiger partial charge in [-0.3, -0.25) is 0 Å². The van der Waals surface area contributed by atoms with Gasteiger partial charge in [-0.25, -0.2) is 4.68 Å². The molecule has 5 nitrogen and oxygen atoms in total. The number of nitrogen functional groups attached to an aromatic ring is 1. The zero-order valence-electron chi connectivity index (χ0n) is 8.99. The minimum absolute atomic E-state index is 0.173. The lowest BCUT2D eigenvalue weighted by molar-refractivity contribution is 0.542. The number of nitrogens with two attached hydrogens (primary N) is 1. The fourth-order valence-corrected chi connectivity index (χ4v) is 1.47. The number of nitriles is 1. The van der Waals surface area contributed by atoms with Crippen LogP contribution in [-0.4, -0.2) is 15.8 Å². The van der Waals surface area contributed by atoms with E-state index in [1.54, 1.807) is 4.68 Å². The molecule has 1 aromatic heterocycles. The number of hydrogen-bond acceptors (Lipinski definition) is 4. The summed E-state index contributed by atoms with van der Waals surface area (Å²) in [7, 11) is 0. The van der Waals surface area contributed by atoms with Crippen molar-refractivity contribution in [1.82, 2.24) is 9.78 Å². The van der Waals surface area contributed by atoms with Gasteiger partial charge in [0.05, 0.1) is 0 Å². The molecule has 15 heavy (non-hydrogen) atoms. The molecule has 0 saturated heterocycles. The second-order valence-electron chi connectivity index (χ2n) is 4.18. The van der Waals surface area contributed by atoms with E-state index in [1.165, 1.54) is 0 Å². The van der Waals surface area contributed by atoms with Crippen molar-refractivity contribution in [1.29, 1.82) is 5.26 Å². The summed E-state index contributed by atoms with van der Waals surface area (Å²) in [4.78, 5) is 0. The van der Waals surface area contributed by atoms with Crippen molar-refractivity contribution in [2.75, 3.05) is 11.1 Å². The first-order valence-corrected chi connectivity index (χ1v) is 5.18. The predicted octanol–water partition coefficient (Wildman–Crippen LogP) is 1.49. The zero-order valence-corrected chi connectivity index (χ0v) is 8.99. The van der Waals surface area contributed by atoms with Crippen molar-refractivity contribution >= 4 is 11.6 Å². The van der Waals surface area contributed by atoms with Crippen LogP contribution in [-0.2, 0) is 0 Å². The normalized spacial score (nSPS) is 15.3. The van der Waals surface area contributed by atoms with Crippen molar-refractivity contribution in [3.63, 3.8) is 0 Å². The maximum absolute atomic E-state index is 9.00. The molecule has 1 aliphatic carbocycles. The summed E-state index contributed by atoms with van der Waals surface area (Å²) in [6, 6.07) is 2.75. The van der Waals surface area contributed by atoms with Crippen LogP contribution in [0.3, 0.4) is 0 Å². The van der Waals surface area contributed by atoms with Crippen LogP contribution in [0.15, 0.2) is 0 Å². The van der Waals surface area contributed by atoms with Gasteiger partial charge in [-0.2, -0.15) is 10.4 Å². The van der Waals surface area contributed by atoms with Crippen LogP contribution in [0.4, 0.5) is 11.6 Å². The molecule has 1 saturated carbocycles. The molecule has 1 heterocycles. The van der Waals surface area contributed by atoms with Crippen molar-refractivity contribution in [3.8, 4) is 6.07 Å². The Balaban J connectivity index is 2.35. The fraction of sp³-hybridized carbons (Fsp3) is 0.600. The van der Waals surface area contributed by atoms with E-state index in [1.807, 2.05) is 13.8 Å². The maximum atomic E-state index is 9.00. The Kier molecular flexibility index (Phi) is 2.27. The summed E-state index contributed by atoms with van der Waals surface area (Å²) in [5, 5.41) is 16.5. The average Bonchev–Trinajstić information content (AvgIpc) is 2.91. The smallest absolute Gasteiger partial charge is 0.168 e. The Morgan fingerprint density at radius 2 is 2.27 bits per heavy atom. The summed E-state index contributed by atoms with van der Waals surface area (Å²) >= 11 is 0. The Bertz CT molecular complexity index is 408. The molecule has 0 aromatic carbocycles. The third-order valence-electron chi connectivity index (χ3n) is 2.47. The summed E-state index contributed by atoms with van der Waals surface area (Å²) in [6.07, 6.45) is 2.30. The van der Waals surface area contributed by atoms with Gasteiger partial charge in [-0.15, -0.1) is 0 Å². The topological polar surface area (TPSA) is 79.7 Å². The molecule has 1 fully saturated rings. The predicted molar refractivity (Wildman–Crippen MR) is 58.4 cm³/mol. The molecule has 0 radical (unpaired) electrons. The van der Waals surface area contributed by atoms with Gasteiger partial charge in [0, 0.05) is 12.1 Å². The van der Waals surface area contributed by atoms with Gasteiger partial charge < -0.3 is 11.1 Å². The molecule has 0 aliphatic heterocycles. The molecular weight excluding hydrogens is 190 g/mol. The lowest BCUT2D eigenvalue weighted by Crippen LogP contribution is -2.07. The second-order valence-corrected chi connectivity index (χ2v) is 4.18. The van der Waals surface area contributed by atoms with Gasteiger partial charge in [-0.1, -0.05) is 0 Å². The van der Waals surface area contributed by atoms with Gasteiger partial charge >= 0.3 is 0 Å². The quantitative estimate of drug-likeness (QED) is 0.783. The van der Waals surface area contributed by atoms with Crippen molar-refractivity contribution in [2.24, 2.45) is 0 Å². The van der Waals surface area contributed by atoms with Gasteiger partial charge in [0.1, 0.15) is 17.5 Å². The Morgan fingerprint density at radius 1 is 1.60 bits per heavy atom. The van der Waals surface area contributed by atoms with Gasteiger partial charge in [-0.05, 0) is 26.7 Å². The number of rotatable bonds is 3. The standard InChI is InChI=1S/C10H15N5/c1-6(2)15-9(12)8(5-11)10(14-15)13-7-3-4-7/h6-7H,3-4,12H2,1-2H3,(H,13,14). The third-order valence-corrected chi connectivity index (χ3v) is 2.47. The molecule has 5 heteroatoms. The fourth-order valence-electron chi connectivity index (χ4n) is 1.47. The highest BCUT2D eigenvalue weighted by Crippen LogP contribution is 2.29. The molecule has 0 amide bonds. The zero-order chi connectivity index (χ0) is 11.0. The highest BCUT2D eigenvalue weighted by atomic mass is 15.4. The third kappa shape index (κ3) is 1.75. The Morgan fingerprint density at radius 3 is 2.73 bits per heavy atom. The number of anilines is 2. The first kappa shape index (κ1) is 9.84. The largest absolute Gasteiger partial charge is 0.383 e. The maximum Gasteiger partial charge on any atom is 0.168 e. The van der Waals surface area contributed by atoms with E-state index < -0.39 is 0 Å². The highest BCUT2D eigenvalue weighted by Gasteiger charge is 2.25. The molecular formula is C10H15N5. The average molecular weight is 205 g/mol. The molecule has 2 rings (SSSR count). The second kappa shape index (κ2) is 3.46. The Labute approximate surface area is 88.9 Å². The highest BCUT2D eigenvalue weighted by molar-refractivity contribution is 5.64. The SMILES string of the molecule is CC(C)n1nc(NC2CC2)c(C#N)c1N. The minimum Gasteiger partial charge on any atom is -0.383 e. The molecule has 0 bridgehead atoms. The monoisotopic (exact) mass is 205 g/mol. The van der Waals surface area contributed by atoms with Crippen LogP contribution < -0.4 is 11.1 Å². The molecule has 80 valence electrons. The molecule has 1 aliphatic rings. The van der Waals surface area contributed by atoms with Crippen LogP contribution in [0.25, 0.3) is 0 Å². The van der Waals surface area contributed by atoms with E-state index >= 15 is 0 Å². The summed E-state index contributed by atoms with van der Waals surface area (Å²) in [6.45, 7) is 3.98. The van der Waals surface area contributed by atoms with Crippen LogP contribution in [0, 0.1) is 11.3 Å². The van der Waals surface area contributed by atoms with Crippen molar-refractivity contribution in [2.45, 2.75) is 38.8 Å². The van der Waals surface area contributed by atoms with Crippen molar-refractivity contribution in [3.05, 3.63) is 5.56 Å². The minimum atomic E-state index is 0.173. The molecule has 0 spiro atoms. The lowest BCUT2D eigenvalue weighted by Gasteiger charge is -2.06. The van der Waals surface area contributed by atoms with Crippen LogP contribution >= 0.6 is 0 Å². The summed E-state index contributed by atoms with van der Waals surface area (Å²) in [5.41, 5.74) is 6.32. The van der Waals surface area contributed by atoms with E-state index in [0.717, 1.165) is 12.8 Å². The summed E-state index contributed by atoms with van der Waals surface area (Å²) in [5.74, 6) is 1.09. The molecule has 0 atom stereocenters. The number of aromatic nitrogens is 2. The summed E-state index contributed by atoms with van der Waals surface area (Å²) < 4.78 is 1.68. The van der Waals surface area contributed by atoms with Crippen LogP contribution in [0.5, 0.6) is 0 Å².